The Morgan fingerprint density at radius 2 is 1.09 bits per heavy atom. The molecule has 0 bridgehead atoms. The summed E-state index contributed by atoms with van der Waals surface area (Å²) in [5.41, 5.74) is 3.83. The molecule has 0 amide bonds. The third-order valence-electron chi connectivity index (χ3n) is 6.58. The molecule has 0 saturated carbocycles. The molecule has 220 valence electrons. The Kier molecular flexibility index (Phi) is 8.62. The van der Waals surface area contributed by atoms with Gasteiger partial charge in [-0.2, -0.15) is 0 Å². The quantitative estimate of drug-likeness (QED) is 0.0782. The predicted molar refractivity (Wildman–Crippen MR) is 174 cm³/mol. The van der Waals surface area contributed by atoms with E-state index in [1.807, 2.05) is 36.4 Å². The number of hydrogen-bond acceptors (Lipinski definition) is 10. The molecule has 0 aliphatic heterocycles. The fourth-order valence-corrected chi connectivity index (χ4v) is 6.45. The summed E-state index contributed by atoms with van der Waals surface area (Å²) in [5.74, 6) is 0.436. The Morgan fingerprint density at radius 1 is 0.614 bits per heavy atom. The zero-order chi connectivity index (χ0) is 30.5. The molecule has 0 aliphatic carbocycles. The number of fused-ring (bicyclic) bond motifs is 3. The van der Waals surface area contributed by atoms with E-state index >= 15 is 0 Å². The highest BCUT2D eigenvalue weighted by Gasteiger charge is 2.12. The summed E-state index contributed by atoms with van der Waals surface area (Å²) in [6, 6.07) is 24.2. The molecule has 0 fully saturated rings. The first-order valence-corrected chi connectivity index (χ1v) is 15.3. The van der Waals surface area contributed by atoms with Gasteiger partial charge in [-0.3, -0.25) is 0 Å². The van der Waals surface area contributed by atoms with Crippen LogP contribution < -0.4 is 9.47 Å². The van der Waals surface area contributed by atoms with E-state index in [2.05, 4.69) is 49.6 Å². The number of carbonyl (C=O) groups is 2. The lowest BCUT2D eigenvalue weighted by Crippen LogP contribution is -2.10. The number of carbonyl (C=O) groups excluding carboxylic acids is 2. The van der Waals surface area contributed by atoms with Crippen LogP contribution in [0.4, 0.5) is 0 Å². The molecule has 6 aromatic rings. The second kappa shape index (κ2) is 13.1. The topological polar surface area (TPSA) is 96.8 Å². The maximum Gasteiger partial charge on any atom is 0.330 e. The Morgan fingerprint density at radius 3 is 1.55 bits per heavy atom. The first kappa shape index (κ1) is 29.0. The molecule has 0 saturated heterocycles. The molecular formula is C34H26N2O6S2. The van der Waals surface area contributed by atoms with Crippen LogP contribution in [0.2, 0.25) is 0 Å². The molecule has 0 spiro atoms. The maximum atomic E-state index is 11.2. The van der Waals surface area contributed by atoms with Crippen molar-refractivity contribution < 1.29 is 28.5 Å². The molecule has 0 aliphatic rings. The Balaban J connectivity index is 1.18. The van der Waals surface area contributed by atoms with E-state index in [1.165, 1.54) is 0 Å². The van der Waals surface area contributed by atoms with Crippen molar-refractivity contribution in [2.75, 3.05) is 26.4 Å². The lowest BCUT2D eigenvalue weighted by Gasteiger charge is -2.05. The van der Waals surface area contributed by atoms with Gasteiger partial charge in [0.2, 0.25) is 0 Å². The van der Waals surface area contributed by atoms with Gasteiger partial charge in [-0.1, -0.05) is 37.4 Å². The molecule has 2 heterocycles. The van der Waals surface area contributed by atoms with Crippen molar-refractivity contribution in [2.24, 2.45) is 0 Å². The Bertz CT molecular complexity index is 1890. The van der Waals surface area contributed by atoms with Crippen LogP contribution in [0, 0.1) is 0 Å². The standard InChI is InChI=1S/C34H26N2O6S2/c1-3-31(37)41-15-13-39-25-9-11-27-29(19-25)43-33(35-27)22-7-5-21-6-8-23(18-24(21)17-22)34-36-28-12-10-26(20-30(28)44-34)40-14-16-42-32(38)4-2/h3-12,17-20H,1-2,13-16H2. The third kappa shape index (κ3) is 6.61. The molecule has 2 aromatic heterocycles. The summed E-state index contributed by atoms with van der Waals surface area (Å²) in [6.45, 7) is 7.57. The normalized spacial score (nSPS) is 11.0. The molecule has 0 N–H and O–H groups in total. The summed E-state index contributed by atoms with van der Waals surface area (Å²) >= 11 is 3.19. The zero-order valence-corrected chi connectivity index (χ0v) is 25.1. The van der Waals surface area contributed by atoms with E-state index in [0.29, 0.717) is 11.5 Å². The van der Waals surface area contributed by atoms with Crippen LogP contribution in [0.15, 0.2) is 98.1 Å². The van der Waals surface area contributed by atoms with E-state index in [1.54, 1.807) is 22.7 Å². The number of esters is 2. The highest BCUT2D eigenvalue weighted by molar-refractivity contribution is 7.22. The van der Waals surface area contributed by atoms with Crippen molar-refractivity contribution in [2.45, 2.75) is 0 Å². The van der Waals surface area contributed by atoms with Gasteiger partial charge in [0.25, 0.3) is 0 Å². The average molecular weight is 623 g/mol. The molecular weight excluding hydrogens is 597 g/mol. The van der Waals surface area contributed by atoms with Crippen LogP contribution in [0.1, 0.15) is 0 Å². The van der Waals surface area contributed by atoms with Gasteiger partial charge < -0.3 is 18.9 Å². The first-order valence-electron chi connectivity index (χ1n) is 13.7. The van der Waals surface area contributed by atoms with E-state index in [0.717, 1.165) is 64.5 Å². The highest BCUT2D eigenvalue weighted by Crippen LogP contribution is 2.36. The van der Waals surface area contributed by atoms with Gasteiger partial charge in [-0.25, -0.2) is 19.6 Å². The summed E-state index contributed by atoms with van der Waals surface area (Å²) in [7, 11) is 0. The van der Waals surface area contributed by atoms with Crippen LogP contribution >= 0.6 is 22.7 Å². The number of hydrogen-bond donors (Lipinski definition) is 0. The predicted octanol–water partition coefficient (Wildman–Crippen LogP) is 7.61. The number of thiazole rings is 2. The van der Waals surface area contributed by atoms with Crippen LogP contribution in [0.3, 0.4) is 0 Å². The van der Waals surface area contributed by atoms with Gasteiger partial charge >= 0.3 is 11.9 Å². The Labute approximate surface area is 260 Å². The summed E-state index contributed by atoms with van der Waals surface area (Å²) in [6.07, 6.45) is 2.26. The van der Waals surface area contributed by atoms with Crippen LogP contribution in [-0.2, 0) is 19.1 Å². The maximum absolute atomic E-state index is 11.2. The van der Waals surface area contributed by atoms with Gasteiger partial charge in [-0.15, -0.1) is 22.7 Å². The fraction of sp³-hybridized carbons (Fsp3) is 0.118. The minimum absolute atomic E-state index is 0.152. The summed E-state index contributed by atoms with van der Waals surface area (Å²) < 4.78 is 23.4. The lowest BCUT2D eigenvalue weighted by molar-refractivity contribution is -0.139. The smallest absolute Gasteiger partial charge is 0.330 e. The van der Waals surface area contributed by atoms with E-state index in [9.17, 15) is 9.59 Å². The SMILES string of the molecule is C=CC(=O)OCCOc1ccc2nc(-c3ccc4ccc(-c5nc6ccc(OCCOC(=O)C=C)cc6s5)cc4c3)sc2c1. The second-order valence-corrected chi connectivity index (χ2v) is 11.6. The van der Waals surface area contributed by atoms with Crippen LogP contribution in [-0.4, -0.2) is 48.3 Å². The van der Waals surface area contributed by atoms with E-state index in [4.69, 9.17) is 28.9 Å². The molecule has 44 heavy (non-hydrogen) atoms. The molecule has 0 unspecified atom stereocenters. The monoisotopic (exact) mass is 622 g/mol. The number of nitrogens with zero attached hydrogens (tertiary/aromatic N) is 2. The molecule has 0 atom stereocenters. The number of rotatable bonds is 12. The highest BCUT2D eigenvalue weighted by atomic mass is 32.1. The molecule has 8 nitrogen and oxygen atoms in total. The average Bonchev–Trinajstić information content (AvgIpc) is 3.68. The number of ether oxygens (including phenoxy) is 4. The summed E-state index contributed by atoms with van der Waals surface area (Å²) in [4.78, 5) is 32.1. The molecule has 4 aromatic carbocycles. The van der Waals surface area contributed by atoms with Gasteiger partial charge in [-0.05, 0) is 59.3 Å². The van der Waals surface area contributed by atoms with Crippen LogP contribution in [0.5, 0.6) is 11.5 Å². The van der Waals surface area contributed by atoms with Crippen molar-refractivity contribution in [1.29, 1.82) is 0 Å². The minimum Gasteiger partial charge on any atom is -0.490 e. The van der Waals surface area contributed by atoms with Crippen molar-refractivity contribution in [3.8, 4) is 32.6 Å². The van der Waals surface area contributed by atoms with E-state index in [-0.39, 0.29) is 26.4 Å². The van der Waals surface area contributed by atoms with Crippen molar-refractivity contribution >= 4 is 65.8 Å². The van der Waals surface area contributed by atoms with Crippen molar-refractivity contribution in [1.82, 2.24) is 9.97 Å². The zero-order valence-electron chi connectivity index (χ0n) is 23.5. The van der Waals surface area contributed by atoms with Crippen molar-refractivity contribution in [3.63, 3.8) is 0 Å². The van der Waals surface area contributed by atoms with Gasteiger partial charge in [0.05, 0.1) is 20.4 Å². The Hall–Kier alpha value is -5.06. The molecule has 10 heteroatoms. The second-order valence-electron chi connectivity index (χ2n) is 9.51. The van der Waals surface area contributed by atoms with E-state index < -0.39 is 11.9 Å². The minimum atomic E-state index is -0.471. The van der Waals surface area contributed by atoms with Crippen molar-refractivity contribution in [3.05, 3.63) is 98.1 Å². The number of aromatic nitrogens is 2. The largest absolute Gasteiger partial charge is 0.490 e. The number of benzene rings is 4. The third-order valence-corrected chi connectivity index (χ3v) is 8.71. The van der Waals surface area contributed by atoms with Gasteiger partial charge in [0.15, 0.2) is 0 Å². The van der Waals surface area contributed by atoms with Gasteiger partial charge in [0, 0.05) is 23.3 Å². The van der Waals surface area contributed by atoms with Gasteiger partial charge in [0.1, 0.15) is 47.9 Å². The molecule has 6 rings (SSSR count). The fourth-order valence-electron chi connectivity index (χ4n) is 4.47. The summed E-state index contributed by atoms with van der Waals surface area (Å²) in [5, 5.41) is 4.04. The van der Waals surface area contributed by atoms with Crippen LogP contribution in [0.25, 0.3) is 52.3 Å². The first-order chi connectivity index (χ1) is 21.5. The lowest BCUT2D eigenvalue weighted by atomic mass is 10.0. The molecule has 0 radical (unpaired) electrons.